The number of amides is 4. The summed E-state index contributed by atoms with van der Waals surface area (Å²) >= 11 is 0. The minimum Gasteiger partial charge on any atom is -0.350 e. The zero-order chi connectivity index (χ0) is 15.4. The van der Waals surface area contributed by atoms with Gasteiger partial charge >= 0.3 is 6.03 Å². The average Bonchev–Trinajstić information content (AvgIpc) is 2.81. The Morgan fingerprint density at radius 3 is 2.67 bits per heavy atom. The van der Waals surface area contributed by atoms with Crippen molar-refractivity contribution in [1.29, 1.82) is 0 Å². The van der Waals surface area contributed by atoms with Crippen LogP contribution in [0, 0.1) is 0 Å². The van der Waals surface area contributed by atoms with Gasteiger partial charge in [0.25, 0.3) is 5.91 Å². The van der Waals surface area contributed by atoms with Crippen LogP contribution >= 0.6 is 0 Å². The van der Waals surface area contributed by atoms with Crippen LogP contribution < -0.4 is 16.0 Å². The predicted octanol–water partition coefficient (Wildman–Crippen LogP) is 0.182. The second-order valence-corrected chi connectivity index (χ2v) is 4.98. The summed E-state index contributed by atoms with van der Waals surface area (Å²) in [4.78, 5) is 35.9. The highest BCUT2D eigenvalue weighted by molar-refractivity contribution is 6.02. The Morgan fingerprint density at radius 1 is 1.24 bits per heavy atom. The average molecular weight is 290 g/mol. The van der Waals surface area contributed by atoms with Crippen LogP contribution in [0.5, 0.6) is 0 Å². The monoisotopic (exact) mass is 290 g/mol. The van der Waals surface area contributed by atoms with Gasteiger partial charge in [0, 0.05) is 38.4 Å². The second-order valence-electron chi connectivity index (χ2n) is 4.98. The van der Waals surface area contributed by atoms with Crippen molar-refractivity contribution >= 4 is 23.5 Å². The standard InChI is InChI=1S/C14H18N4O3/c1-18(2)14(21)16-6-5-15-13(20)10-4-3-9-8-12(19)17-11(9)7-10/h3-4,7H,5-6,8H2,1-2H3,(H,15,20)(H,16,21)(H,17,19). The number of anilines is 1. The highest BCUT2D eigenvalue weighted by Crippen LogP contribution is 2.23. The van der Waals surface area contributed by atoms with E-state index in [4.69, 9.17) is 0 Å². The van der Waals surface area contributed by atoms with E-state index in [0.29, 0.717) is 30.8 Å². The first kappa shape index (κ1) is 14.8. The summed E-state index contributed by atoms with van der Waals surface area (Å²) in [6.07, 6.45) is 0.355. The van der Waals surface area contributed by atoms with Gasteiger partial charge in [0.1, 0.15) is 0 Å². The molecule has 7 heteroatoms. The van der Waals surface area contributed by atoms with Crippen molar-refractivity contribution in [3.8, 4) is 0 Å². The number of nitrogens with one attached hydrogen (secondary N) is 3. The van der Waals surface area contributed by atoms with Gasteiger partial charge in [0.2, 0.25) is 5.91 Å². The van der Waals surface area contributed by atoms with Crippen LogP contribution in [-0.4, -0.2) is 49.9 Å². The fraction of sp³-hybridized carbons (Fsp3) is 0.357. The van der Waals surface area contributed by atoms with Crippen molar-refractivity contribution in [3.63, 3.8) is 0 Å². The summed E-state index contributed by atoms with van der Waals surface area (Å²) in [5, 5.41) is 8.07. The highest BCUT2D eigenvalue weighted by Gasteiger charge is 2.18. The summed E-state index contributed by atoms with van der Waals surface area (Å²) in [6.45, 7) is 0.687. The normalized spacial score (nSPS) is 12.4. The molecule has 0 aliphatic carbocycles. The molecule has 0 radical (unpaired) electrons. The Bertz CT molecular complexity index is 584. The molecule has 0 saturated carbocycles. The molecular formula is C14H18N4O3. The van der Waals surface area contributed by atoms with Crippen LogP contribution in [0.1, 0.15) is 15.9 Å². The summed E-state index contributed by atoms with van der Waals surface area (Å²) in [6, 6.07) is 4.92. The lowest BCUT2D eigenvalue weighted by Crippen LogP contribution is -2.39. The van der Waals surface area contributed by atoms with Crippen molar-refractivity contribution in [2.24, 2.45) is 0 Å². The maximum Gasteiger partial charge on any atom is 0.316 e. The Kier molecular flexibility index (Phi) is 4.42. The van der Waals surface area contributed by atoms with Crippen LogP contribution in [0.2, 0.25) is 0 Å². The number of benzene rings is 1. The first-order valence-corrected chi connectivity index (χ1v) is 6.63. The van der Waals surface area contributed by atoms with Gasteiger partial charge in [-0.3, -0.25) is 9.59 Å². The van der Waals surface area contributed by atoms with Crippen molar-refractivity contribution in [3.05, 3.63) is 29.3 Å². The molecule has 0 fully saturated rings. The Labute approximate surface area is 122 Å². The zero-order valence-electron chi connectivity index (χ0n) is 12.0. The molecule has 0 unspecified atom stereocenters. The number of urea groups is 1. The fourth-order valence-corrected chi connectivity index (χ4v) is 1.96. The third-order valence-electron chi connectivity index (χ3n) is 3.09. The van der Waals surface area contributed by atoms with Gasteiger partial charge in [0.05, 0.1) is 6.42 Å². The topological polar surface area (TPSA) is 90.5 Å². The first-order valence-electron chi connectivity index (χ1n) is 6.63. The zero-order valence-corrected chi connectivity index (χ0v) is 12.0. The predicted molar refractivity (Wildman–Crippen MR) is 78.2 cm³/mol. The number of carbonyl (C=O) groups is 3. The van der Waals surface area contributed by atoms with Crippen molar-refractivity contribution in [2.45, 2.75) is 6.42 Å². The van der Waals surface area contributed by atoms with E-state index in [-0.39, 0.29) is 17.8 Å². The van der Waals surface area contributed by atoms with E-state index in [1.54, 1.807) is 32.3 Å². The fourth-order valence-electron chi connectivity index (χ4n) is 1.96. The molecule has 21 heavy (non-hydrogen) atoms. The number of nitrogens with zero attached hydrogens (tertiary/aromatic N) is 1. The number of carbonyl (C=O) groups excluding carboxylic acids is 3. The van der Waals surface area contributed by atoms with Crippen molar-refractivity contribution in [1.82, 2.24) is 15.5 Å². The summed E-state index contributed by atoms with van der Waals surface area (Å²) in [7, 11) is 3.29. The molecule has 112 valence electrons. The molecule has 0 saturated heterocycles. The number of rotatable bonds is 4. The molecule has 1 heterocycles. The van der Waals surface area contributed by atoms with Gasteiger partial charge in [-0.2, -0.15) is 0 Å². The number of hydrogen-bond acceptors (Lipinski definition) is 3. The van der Waals surface area contributed by atoms with Crippen molar-refractivity contribution < 1.29 is 14.4 Å². The molecule has 4 amide bonds. The molecule has 0 bridgehead atoms. The molecule has 0 spiro atoms. The molecular weight excluding hydrogens is 272 g/mol. The smallest absolute Gasteiger partial charge is 0.316 e. The van der Waals surface area contributed by atoms with Gasteiger partial charge in [-0.15, -0.1) is 0 Å². The largest absolute Gasteiger partial charge is 0.350 e. The maximum absolute atomic E-state index is 12.0. The Morgan fingerprint density at radius 2 is 1.95 bits per heavy atom. The van der Waals surface area contributed by atoms with Gasteiger partial charge in [-0.1, -0.05) is 6.07 Å². The number of hydrogen-bond donors (Lipinski definition) is 3. The molecule has 7 nitrogen and oxygen atoms in total. The summed E-state index contributed by atoms with van der Waals surface area (Å²) < 4.78 is 0. The number of fused-ring (bicyclic) bond motifs is 1. The molecule has 1 aromatic rings. The van der Waals surface area contributed by atoms with Gasteiger partial charge in [-0.05, 0) is 17.7 Å². The summed E-state index contributed by atoms with van der Waals surface area (Å²) in [5.41, 5.74) is 2.07. The van der Waals surface area contributed by atoms with Crippen LogP contribution in [0.3, 0.4) is 0 Å². The minimum atomic E-state index is -0.238. The Hall–Kier alpha value is -2.57. The molecule has 1 aliphatic rings. The van der Waals surface area contributed by atoms with E-state index < -0.39 is 0 Å². The first-order chi connectivity index (χ1) is 9.97. The minimum absolute atomic E-state index is 0.0612. The molecule has 2 rings (SSSR count). The molecule has 3 N–H and O–H groups in total. The lowest BCUT2D eigenvalue weighted by atomic mass is 10.1. The molecule has 0 aromatic heterocycles. The molecule has 0 atom stereocenters. The van der Waals surface area contributed by atoms with E-state index in [9.17, 15) is 14.4 Å². The van der Waals surface area contributed by atoms with Crippen molar-refractivity contribution in [2.75, 3.05) is 32.5 Å². The highest BCUT2D eigenvalue weighted by atomic mass is 16.2. The van der Waals surface area contributed by atoms with E-state index in [1.165, 1.54) is 4.90 Å². The third-order valence-corrected chi connectivity index (χ3v) is 3.09. The van der Waals surface area contributed by atoms with Crippen LogP contribution in [0.25, 0.3) is 0 Å². The Balaban J connectivity index is 1.83. The van der Waals surface area contributed by atoms with Gasteiger partial charge < -0.3 is 20.9 Å². The molecule has 1 aromatic carbocycles. The SMILES string of the molecule is CN(C)C(=O)NCCNC(=O)c1ccc2c(c1)NC(=O)C2. The van der Waals surface area contributed by atoms with Crippen LogP contribution in [0.4, 0.5) is 10.5 Å². The van der Waals surface area contributed by atoms with E-state index in [1.807, 2.05) is 0 Å². The molecule has 1 aliphatic heterocycles. The van der Waals surface area contributed by atoms with Gasteiger partial charge in [-0.25, -0.2) is 4.79 Å². The van der Waals surface area contributed by atoms with E-state index in [2.05, 4.69) is 16.0 Å². The maximum atomic E-state index is 12.0. The second kappa shape index (κ2) is 6.25. The van der Waals surface area contributed by atoms with E-state index in [0.717, 1.165) is 5.56 Å². The lowest BCUT2D eigenvalue weighted by molar-refractivity contribution is -0.115. The van der Waals surface area contributed by atoms with Crippen LogP contribution in [-0.2, 0) is 11.2 Å². The van der Waals surface area contributed by atoms with Gasteiger partial charge in [0.15, 0.2) is 0 Å². The third kappa shape index (κ3) is 3.71. The quantitative estimate of drug-likeness (QED) is 0.691. The summed E-state index contributed by atoms with van der Waals surface area (Å²) in [5.74, 6) is -0.299. The van der Waals surface area contributed by atoms with E-state index >= 15 is 0 Å². The van der Waals surface area contributed by atoms with Crippen LogP contribution in [0.15, 0.2) is 18.2 Å². The lowest BCUT2D eigenvalue weighted by Gasteiger charge is -2.12.